The van der Waals surface area contributed by atoms with Crippen molar-refractivity contribution >= 4 is 24.8 Å². The monoisotopic (exact) mass is 370 g/mol. The number of fused-ring (bicyclic) bond motifs is 1. The van der Waals surface area contributed by atoms with E-state index in [1.807, 2.05) is 0 Å². The molecule has 0 aromatic heterocycles. The third-order valence-corrected chi connectivity index (χ3v) is 10.4. The summed E-state index contributed by atoms with van der Waals surface area (Å²) in [5.74, 6) is 1.01. The van der Waals surface area contributed by atoms with Gasteiger partial charge < -0.3 is 4.43 Å². The van der Waals surface area contributed by atoms with E-state index in [0.29, 0.717) is 0 Å². The summed E-state index contributed by atoms with van der Waals surface area (Å²) in [6.45, 7) is 6.95. The van der Waals surface area contributed by atoms with E-state index in [4.69, 9.17) is 4.43 Å². The molecule has 0 N–H and O–H groups in total. The highest BCUT2D eigenvalue weighted by atomic mass is 28.4. The fourth-order valence-electron chi connectivity index (χ4n) is 4.16. The Bertz CT molecular complexity index is 913. The smallest absolute Gasteiger partial charge is 0.319 e. The first-order valence-corrected chi connectivity index (χ1v) is 11.5. The van der Waals surface area contributed by atoms with Crippen molar-refractivity contribution in [3.05, 3.63) is 96.1 Å². The van der Waals surface area contributed by atoms with Gasteiger partial charge in [0, 0.05) is 5.56 Å². The van der Waals surface area contributed by atoms with Gasteiger partial charge in [-0.15, -0.1) is 0 Å². The van der Waals surface area contributed by atoms with Crippen LogP contribution in [0.4, 0.5) is 0 Å². The van der Waals surface area contributed by atoms with Gasteiger partial charge in [-0.05, 0) is 33.5 Å². The molecule has 0 radical (unpaired) electrons. The largest absolute Gasteiger partial charge is 0.534 e. The van der Waals surface area contributed by atoms with Crippen LogP contribution in [0.1, 0.15) is 31.9 Å². The van der Waals surface area contributed by atoms with Crippen molar-refractivity contribution in [1.29, 1.82) is 0 Å². The maximum atomic E-state index is 7.17. The molecule has 3 aromatic carbocycles. The number of hydrogen-bond acceptors (Lipinski definition) is 1. The lowest BCUT2D eigenvalue weighted by Crippen LogP contribution is -2.68. The summed E-state index contributed by atoms with van der Waals surface area (Å²) in [4.78, 5) is 0. The fraction of sp³-hybridized carbons (Fsp3) is 0.200. The normalized spacial score (nSPS) is 13.4. The van der Waals surface area contributed by atoms with Crippen LogP contribution in [0, 0.1) is 0 Å². The lowest BCUT2D eigenvalue weighted by molar-refractivity contribution is 0.507. The Morgan fingerprint density at radius 1 is 0.741 bits per heavy atom. The van der Waals surface area contributed by atoms with Gasteiger partial charge in [0.15, 0.2) is 0 Å². The van der Waals surface area contributed by atoms with E-state index in [1.54, 1.807) is 0 Å². The molecule has 1 nitrogen and oxygen atoms in total. The predicted molar refractivity (Wildman–Crippen MR) is 117 cm³/mol. The minimum atomic E-state index is -2.57. The molecule has 0 unspecified atom stereocenters. The molecule has 0 heterocycles. The zero-order chi connectivity index (χ0) is 18.9. The Morgan fingerprint density at radius 2 is 1.33 bits per heavy atom. The minimum absolute atomic E-state index is 0.0270. The molecule has 0 fully saturated rings. The molecule has 0 aliphatic heterocycles. The molecule has 0 saturated carbocycles. The molecular formula is C25H26OSi. The van der Waals surface area contributed by atoms with Crippen LogP contribution in [0.3, 0.4) is 0 Å². The Kier molecular flexibility index (Phi) is 4.53. The third-order valence-electron chi connectivity index (χ3n) is 5.46. The molecule has 0 spiro atoms. The van der Waals surface area contributed by atoms with Crippen LogP contribution in [0.25, 0.3) is 6.08 Å². The Labute approximate surface area is 163 Å². The summed E-state index contributed by atoms with van der Waals surface area (Å²) in [5, 5.41) is 2.59. The Hall–Kier alpha value is -2.58. The van der Waals surface area contributed by atoms with Crippen LogP contribution >= 0.6 is 0 Å². The van der Waals surface area contributed by atoms with Gasteiger partial charge in [0.05, 0.1) is 0 Å². The summed E-state index contributed by atoms with van der Waals surface area (Å²) < 4.78 is 7.17. The van der Waals surface area contributed by atoms with Crippen molar-refractivity contribution in [2.24, 2.45) is 0 Å². The van der Waals surface area contributed by atoms with Crippen molar-refractivity contribution in [3.8, 4) is 5.75 Å². The van der Waals surface area contributed by atoms with Crippen molar-refractivity contribution in [1.82, 2.24) is 0 Å². The summed E-state index contributed by atoms with van der Waals surface area (Å²) in [6.07, 6.45) is 5.43. The van der Waals surface area contributed by atoms with Gasteiger partial charge in [-0.2, -0.15) is 0 Å². The zero-order valence-electron chi connectivity index (χ0n) is 16.3. The van der Waals surface area contributed by atoms with Crippen molar-refractivity contribution in [2.75, 3.05) is 0 Å². The van der Waals surface area contributed by atoms with E-state index in [-0.39, 0.29) is 5.04 Å². The van der Waals surface area contributed by atoms with Crippen LogP contribution in [0.5, 0.6) is 5.75 Å². The zero-order valence-corrected chi connectivity index (χ0v) is 17.3. The van der Waals surface area contributed by atoms with Gasteiger partial charge in [-0.3, -0.25) is 0 Å². The van der Waals surface area contributed by atoms with Crippen molar-refractivity contribution < 1.29 is 4.43 Å². The molecule has 1 aliphatic carbocycles. The number of benzene rings is 3. The van der Waals surface area contributed by atoms with Crippen LogP contribution < -0.4 is 14.8 Å². The maximum Gasteiger partial charge on any atom is 0.319 e. The first-order valence-electron chi connectivity index (χ1n) is 9.61. The quantitative estimate of drug-likeness (QED) is 0.574. The van der Waals surface area contributed by atoms with E-state index in [2.05, 4.69) is 112 Å². The molecule has 136 valence electrons. The second-order valence-corrected chi connectivity index (χ2v) is 12.4. The SMILES string of the molecule is CC(C)(C)[Si](Oc1cccc2c1C=CC2)(c1ccccc1)c1ccccc1. The summed E-state index contributed by atoms with van der Waals surface area (Å²) >= 11 is 0. The predicted octanol–water partition coefficient (Wildman–Crippen LogP) is 5.19. The summed E-state index contributed by atoms with van der Waals surface area (Å²) in [6, 6.07) is 28.1. The van der Waals surface area contributed by atoms with Gasteiger partial charge in [0.1, 0.15) is 5.75 Å². The van der Waals surface area contributed by atoms with Crippen molar-refractivity contribution in [2.45, 2.75) is 32.2 Å². The standard InChI is InChI=1S/C25H26OSi/c1-25(2,3)27(21-14-6-4-7-15-21,22-16-8-5-9-17-22)26-24-19-11-13-20-12-10-18-23(20)24/h4-11,13-19H,12H2,1-3H3. The minimum Gasteiger partial charge on any atom is -0.534 e. The molecular weight excluding hydrogens is 344 g/mol. The first-order chi connectivity index (χ1) is 13.0. The highest BCUT2D eigenvalue weighted by molar-refractivity contribution is 7.00. The van der Waals surface area contributed by atoms with Gasteiger partial charge in [0.2, 0.25) is 0 Å². The topological polar surface area (TPSA) is 9.23 Å². The molecule has 0 atom stereocenters. The number of hydrogen-bond donors (Lipinski definition) is 0. The van der Waals surface area contributed by atoms with E-state index in [0.717, 1.165) is 12.2 Å². The molecule has 4 rings (SSSR count). The average Bonchev–Trinajstić information content (AvgIpc) is 3.16. The van der Waals surface area contributed by atoms with Crippen LogP contribution in [0.15, 0.2) is 84.9 Å². The van der Waals surface area contributed by atoms with Crippen LogP contribution in [-0.2, 0) is 6.42 Å². The Balaban J connectivity index is 1.96. The lowest BCUT2D eigenvalue weighted by Gasteiger charge is -2.43. The number of rotatable bonds is 4. The molecule has 2 heteroatoms. The fourth-order valence-corrected chi connectivity index (χ4v) is 8.60. The molecule has 3 aromatic rings. The molecule has 27 heavy (non-hydrogen) atoms. The van der Waals surface area contributed by atoms with Gasteiger partial charge >= 0.3 is 8.32 Å². The van der Waals surface area contributed by atoms with Gasteiger partial charge in [-0.25, -0.2) is 0 Å². The van der Waals surface area contributed by atoms with Crippen LogP contribution in [0.2, 0.25) is 5.04 Å². The highest BCUT2D eigenvalue weighted by Gasteiger charge is 2.52. The maximum absolute atomic E-state index is 7.17. The second kappa shape index (κ2) is 6.86. The first kappa shape index (κ1) is 17.8. The Morgan fingerprint density at radius 3 is 1.89 bits per heavy atom. The molecule has 1 aliphatic rings. The third kappa shape index (κ3) is 3.04. The molecule has 0 amide bonds. The van der Waals surface area contributed by atoms with E-state index < -0.39 is 8.32 Å². The summed E-state index contributed by atoms with van der Waals surface area (Å²) in [7, 11) is -2.57. The van der Waals surface area contributed by atoms with E-state index in [1.165, 1.54) is 21.5 Å². The molecule has 0 bridgehead atoms. The van der Waals surface area contributed by atoms with E-state index in [9.17, 15) is 0 Å². The lowest BCUT2D eigenvalue weighted by atomic mass is 10.1. The number of allylic oxidation sites excluding steroid dienone is 1. The van der Waals surface area contributed by atoms with Gasteiger partial charge in [0.25, 0.3) is 0 Å². The average molecular weight is 371 g/mol. The van der Waals surface area contributed by atoms with Crippen LogP contribution in [-0.4, -0.2) is 8.32 Å². The highest BCUT2D eigenvalue weighted by Crippen LogP contribution is 2.39. The van der Waals surface area contributed by atoms with E-state index >= 15 is 0 Å². The molecule has 0 saturated heterocycles. The second-order valence-electron chi connectivity index (χ2n) is 8.20. The van der Waals surface area contributed by atoms with Gasteiger partial charge in [-0.1, -0.05) is 106 Å². The summed E-state index contributed by atoms with van der Waals surface area (Å²) in [5.41, 5.74) is 2.59. The van der Waals surface area contributed by atoms with Crippen molar-refractivity contribution in [3.63, 3.8) is 0 Å².